The quantitative estimate of drug-likeness (QED) is 0.664. The summed E-state index contributed by atoms with van der Waals surface area (Å²) in [6.07, 6.45) is -2.79. The van der Waals surface area contributed by atoms with Gasteiger partial charge in [-0.05, 0) is 13.8 Å². The van der Waals surface area contributed by atoms with E-state index in [2.05, 4.69) is 0 Å². The summed E-state index contributed by atoms with van der Waals surface area (Å²) in [4.78, 5) is 34.1. The Kier molecular flexibility index (Phi) is 5.90. The predicted molar refractivity (Wildman–Crippen MR) is 82.9 cm³/mol. The van der Waals surface area contributed by atoms with Gasteiger partial charge < -0.3 is 23.7 Å². The molecule has 2 aliphatic rings. The molecule has 2 saturated heterocycles. The van der Waals surface area contributed by atoms with Crippen LogP contribution in [-0.4, -0.2) is 59.3 Å². The highest BCUT2D eigenvalue weighted by atomic mass is 32.2. The minimum Gasteiger partial charge on any atom is -0.465 e. The van der Waals surface area contributed by atoms with Crippen LogP contribution in [0.15, 0.2) is 0 Å². The summed E-state index contributed by atoms with van der Waals surface area (Å²) in [5.41, 5.74) is 0. The summed E-state index contributed by atoms with van der Waals surface area (Å²) in [6.45, 7) is 7.37. The highest BCUT2D eigenvalue weighted by Gasteiger charge is 2.58. The molecule has 5 atom stereocenters. The number of hydrogen-bond acceptors (Lipinski definition) is 9. The molecule has 2 aliphatic heterocycles. The number of esters is 2. The van der Waals surface area contributed by atoms with Crippen molar-refractivity contribution in [1.82, 2.24) is 0 Å². The summed E-state index contributed by atoms with van der Waals surface area (Å²) >= 11 is 0.965. The van der Waals surface area contributed by atoms with Gasteiger partial charge >= 0.3 is 11.9 Å². The van der Waals surface area contributed by atoms with Gasteiger partial charge in [0.1, 0.15) is 12.7 Å². The van der Waals surface area contributed by atoms with Crippen LogP contribution in [0.4, 0.5) is 0 Å². The summed E-state index contributed by atoms with van der Waals surface area (Å²) in [5.74, 6) is -1.83. The predicted octanol–water partition coefficient (Wildman–Crippen LogP) is 1.01. The first-order valence-electron chi connectivity index (χ1n) is 7.58. The molecule has 0 saturated carbocycles. The van der Waals surface area contributed by atoms with Crippen molar-refractivity contribution >= 4 is 28.8 Å². The average Bonchev–Trinajstić information content (AvgIpc) is 2.87. The van der Waals surface area contributed by atoms with Crippen molar-refractivity contribution in [1.29, 1.82) is 0 Å². The molecule has 2 rings (SSSR count). The molecular weight excluding hydrogens is 340 g/mol. The molecular formula is C15H22O8S. The smallest absolute Gasteiger partial charge is 0.303 e. The van der Waals surface area contributed by atoms with Gasteiger partial charge in [-0.1, -0.05) is 11.8 Å². The molecule has 0 radical (unpaired) electrons. The zero-order valence-corrected chi connectivity index (χ0v) is 15.1. The molecule has 0 spiro atoms. The molecule has 2 fully saturated rings. The molecule has 0 aromatic rings. The van der Waals surface area contributed by atoms with Crippen molar-refractivity contribution in [3.05, 3.63) is 0 Å². The number of fused-ring (bicyclic) bond motifs is 1. The van der Waals surface area contributed by atoms with Crippen molar-refractivity contribution in [2.24, 2.45) is 0 Å². The number of thioether (sulfide) groups is 1. The third kappa shape index (κ3) is 4.69. The first-order chi connectivity index (χ1) is 11.1. The topological polar surface area (TPSA) is 97.4 Å². The van der Waals surface area contributed by atoms with Gasteiger partial charge in [-0.15, -0.1) is 0 Å². The Morgan fingerprint density at radius 1 is 1.12 bits per heavy atom. The molecule has 24 heavy (non-hydrogen) atoms. The normalized spacial score (nSPS) is 32.0. The minimum atomic E-state index is -0.863. The second kappa shape index (κ2) is 7.38. The van der Waals surface area contributed by atoms with Gasteiger partial charge in [-0.3, -0.25) is 14.4 Å². The summed E-state index contributed by atoms with van der Waals surface area (Å²) in [7, 11) is 0. The largest absolute Gasteiger partial charge is 0.465 e. The molecule has 9 heteroatoms. The average molecular weight is 362 g/mol. The minimum absolute atomic E-state index is 0.0507. The molecule has 0 aliphatic carbocycles. The van der Waals surface area contributed by atoms with Crippen LogP contribution >= 0.6 is 11.8 Å². The first kappa shape index (κ1) is 19.2. The van der Waals surface area contributed by atoms with E-state index in [0.717, 1.165) is 11.8 Å². The second-order valence-electron chi connectivity index (χ2n) is 6.09. The van der Waals surface area contributed by atoms with Crippen molar-refractivity contribution in [3.63, 3.8) is 0 Å². The molecule has 0 unspecified atom stereocenters. The third-order valence-corrected chi connectivity index (χ3v) is 4.50. The van der Waals surface area contributed by atoms with Crippen LogP contribution in [0.1, 0.15) is 34.6 Å². The number of hydrogen-bond donors (Lipinski definition) is 0. The Hall–Kier alpha value is -1.16. The maximum atomic E-state index is 11.5. The lowest BCUT2D eigenvalue weighted by atomic mass is 10.1. The fourth-order valence-corrected chi connectivity index (χ4v) is 3.65. The lowest BCUT2D eigenvalue weighted by Gasteiger charge is -2.29. The molecule has 0 amide bonds. The fourth-order valence-electron chi connectivity index (χ4n) is 2.74. The highest BCUT2D eigenvalue weighted by molar-refractivity contribution is 8.14. The SMILES string of the molecule is CC(=O)OC[C@H](SC(C)=O)[C@@H]1O[C@@H]2OC(C)(C)O[C@H]2[C@H]1OC(C)=O. The Bertz CT molecular complexity index is 520. The van der Waals surface area contributed by atoms with E-state index in [1.807, 2.05) is 0 Å². The van der Waals surface area contributed by atoms with E-state index in [1.165, 1.54) is 20.8 Å². The molecule has 0 aromatic heterocycles. The van der Waals surface area contributed by atoms with E-state index in [1.54, 1.807) is 13.8 Å². The zero-order chi connectivity index (χ0) is 18.1. The van der Waals surface area contributed by atoms with Crippen molar-refractivity contribution in [2.45, 2.75) is 70.3 Å². The lowest BCUT2D eigenvalue weighted by molar-refractivity contribution is -0.219. The summed E-state index contributed by atoms with van der Waals surface area (Å²) in [5, 5.41) is -0.715. The number of carbonyl (C=O) groups excluding carboxylic acids is 3. The standard InChI is InChI=1S/C15H22O8S/c1-7(16)19-6-10(24-9(3)18)11-12(20-8(2)17)13-14(21-11)23-15(4,5)22-13/h10-14H,6H2,1-5H3/t10-,11-,12-,13-,14+/m0/s1. The van der Waals surface area contributed by atoms with Gasteiger partial charge in [0.25, 0.3) is 0 Å². The molecule has 136 valence electrons. The van der Waals surface area contributed by atoms with Gasteiger partial charge in [-0.25, -0.2) is 0 Å². The maximum Gasteiger partial charge on any atom is 0.303 e. The first-order valence-corrected chi connectivity index (χ1v) is 8.46. The Labute approximate surface area is 144 Å². The Morgan fingerprint density at radius 3 is 2.33 bits per heavy atom. The fraction of sp³-hybridized carbons (Fsp3) is 0.800. The van der Waals surface area contributed by atoms with Gasteiger partial charge in [0.2, 0.25) is 0 Å². The van der Waals surface area contributed by atoms with Crippen LogP contribution in [0.3, 0.4) is 0 Å². The number of rotatable bonds is 5. The van der Waals surface area contributed by atoms with Crippen LogP contribution < -0.4 is 0 Å². The second-order valence-corrected chi connectivity index (χ2v) is 7.51. The highest BCUT2D eigenvalue weighted by Crippen LogP contribution is 2.41. The van der Waals surface area contributed by atoms with Crippen molar-refractivity contribution in [3.8, 4) is 0 Å². The summed E-state index contributed by atoms with van der Waals surface area (Å²) < 4.78 is 27.7. The molecule has 2 heterocycles. The van der Waals surface area contributed by atoms with E-state index in [9.17, 15) is 14.4 Å². The summed E-state index contributed by atoms with van der Waals surface area (Å²) in [6, 6.07) is 0. The van der Waals surface area contributed by atoms with Crippen LogP contribution in [0.2, 0.25) is 0 Å². The monoisotopic (exact) mass is 362 g/mol. The molecule has 8 nitrogen and oxygen atoms in total. The van der Waals surface area contributed by atoms with Crippen LogP contribution in [0.5, 0.6) is 0 Å². The van der Waals surface area contributed by atoms with Gasteiger partial charge in [0.05, 0.1) is 5.25 Å². The van der Waals surface area contributed by atoms with Crippen LogP contribution in [-0.2, 0) is 38.1 Å². The number of ether oxygens (including phenoxy) is 5. The maximum absolute atomic E-state index is 11.5. The van der Waals surface area contributed by atoms with Crippen LogP contribution in [0.25, 0.3) is 0 Å². The van der Waals surface area contributed by atoms with Gasteiger partial charge in [0, 0.05) is 20.8 Å². The zero-order valence-electron chi connectivity index (χ0n) is 14.3. The van der Waals surface area contributed by atoms with Gasteiger partial charge in [-0.2, -0.15) is 0 Å². The number of carbonyl (C=O) groups is 3. The Balaban J connectivity index is 2.19. The van der Waals surface area contributed by atoms with E-state index < -0.39 is 47.6 Å². The van der Waals surface area contributed by atoms with E-state index in [-0.39, 0.29) is 11.7 Å². The van der Waals surface area contributed by atoms with Gasteiger partial charge in [0.15, 0.2) is 29.4 Å². The third-order valence-electron chi connectivity index (χ3n) is 3.46. The van der Waals surface area contributed by atoms with E-state index >= 15 is 0 Å². The molecule has 0 bridgehead atoms. The van der Waals surface area contributed by atoms with Crippen molar-refractivity contribution < 1.29 is 38.1 Å². The van der Waals surface area contributed by atoms with E-state index in [4.69, 9.17) is 23.7 Å². The molecule has 0 N–H and O–H groups in total. The lowest BCUT2D eigenvalue weighted by Crippen LogP contribution is -2.44. The van der Waals surface area contributed by atoms with E-state index in [0.29, 0.717) is 0 Å². The molecule has 0 aromatic carbocycles. The van der Waals surface area contributed by atoms with Crippen molar-refractivity contribution in [2.75, 3.05) is 6.61 Å². The van der Waals surface area contributed by atoms with Crippen LogP contribution in [0, 0.1) is 0 Å². The Morgan fingerprint density at radius 2 is 1.79 bits per heavy atom.